The normalized spacial score (nSPS) is 11.9. The molecule has 0 aliphatic rings. The van der Waals surface area contributed by atoms with Crippen LogP contribution in [0.15, 0.2) is 5.16 Å². The lowest BCUT2D eigenvalue weighted by atomic mass is 10.4. The van der Waals surface area contributed by atoms with Crippen LogP contribution >= 0.6 is 11.5 Å². The van der Waals surface area contributed by atoms with Crippen LogP contribution in [-0.2, 0) is 0 Å². The van der Waals surface area contributed by atoms with Gasteiger partial charge < -0.3 is 10.9 Å². The van der Waals surface area contributed by atoms with Crippen molar-refractivity contribution in [2.75, 3.05) is 5.73 Å². The Labute approximate surface area is 61.4 Å². The molecule has 1 aromatic heterocycles. The number of anilines is 1. The van der Waals surface area contributed by atoms with Crippen LogP contribution in [-0.4, -0.2) is 20.3 Å². The number of aromatic nitrogens is 2. The summed E-state index contributed by atoms with van der Waals surface area (Å²) in [7, 11) is 0. The molecule has 0 aliphatic carbocycles. The summed E-state index contributed by atoms with van der Waals surface area (Å²) in [6.45, 7) is 1.60. The highest BCUT2D eigenvalue weighted by molar-refractivity contribution is 7.09. The topological polar surface area (TPSA) is 84.4 Å². The zero-order valence-corrected chi connectivity index (χ0v) is 6.09. The van der Waals surface area contributed by atoms with E-state index in [0.717, 1.165) is 11.5 Å². The number of nitrogen functional groups attached to an aromatic ring is 1. The Hall–Kier alpha value is -1.17. The van der Waals surface area contributed by atoms with Crippen LogP contribution in [0.3, 0.4) is 0 Å². The highest BCUT2D eigenvalue weighted by Gasteiger charge is 2.03. The van der Waals surface area contributed by atoms with E-state index in [-0.39, 0.29) is 0 Å². The standard InChI is InChI=1S/C4H6N4OS/c1-2(7-9)3-6-4(5)10-8-3/h9H,1H3,(H2,5,6,8)/b7-2-. The first-order valence-corrected chi connectivity index (χ1v) is 3.29. The van der Waals surface area contributed by atoms with Gasteiger partial charge in [0.25, 0.3) is 0 Å². The van der Waals surface area contributed by atoms with E-state index in [1.807, 2.05) is 0 Å². The lowest BCUT2D eigenvalue weighted by Crippen LogP contribution is -1.97. The third-order valence-electron chi connectivity index (χ3n) is 0.915. The molecule has 0 aromatic carbocycles. The van der Waals surface area contributed by atoms with Gasteiger partial charge in [-0.3, -0.25) is 0 Å². The largest absolute Gasteiger partial charge is 0.411 e. The molecule has 1 heterocycles. The summed E-state index contributed by atoms with van der Waals surface area (Å²) in [6, 6.07) is 0. The fourth-order valence-electron chi connectivity index (χ4n) is 0.427. The van der Waals surface area contributed by atoms with Crippen LogP contribution < -0.4 is 5.73 Å². The molecule has 0 unspecified atom stereocenters. The fraction of sp³-hybridized carbons (Fsp3) is 0.250. The van der Waals surface area contributed by atoms with Crippen molar-refractivity contribution < 1.29 is 5.21 Å². The van der Waals surface area contributed by atoms with Gasteiger partial charge in [-0.1, -0.05) is 5.16 Å². The van der Waals surface area contributed by atoms with Crippen LogP contribution in [0, 0.1) is 0 Å². The molecule has 0 saturated carbocycles. The molecule has 0 aliphatic heterocycles. The summed E-state index contributed by atoms with van der Waals surface area (Å²) in [6.07, 6.45) is 0. The minimum absolute atomic E-state index is 0.368. The molecule has 0 spiro atoms. The molecule has 1 rings (SSSR count). The van der Waals surface area contributed by atoms with Crippen molar-refractivity contribution in [3.05, 3.63) is 5.82 Å². The molecule has 0 saturated heterocycles. The number of nitrogens with zero attached hydrogens (tertiary/aromatic N) is 3. The molecule has 3 N–H and O–H groups in total. The van der Waals surface area contributed by atoms with Crippen LogP contribution in [0.1, 0.15) is 12.7 Å². The van der Waals surface area contributed by atoms with Gasteiger partial charge in [-0.25, -0.2) is 0 Å². The second-order valence-corrected chi connectivity index (χ2v) is 2.43. The van der Waals surface area contributed by atoms with Gasteiger partial charge in [-0.2, -0.15) is 9.36 Å². The molecular weight excluding hydrogens is 152 g/mol. The summed E-state index contributed by atoms with van der Waals surface area (Å²) in [5.74, 6) is 0.380. The average molecular weight is 158 g/mol. The fourth-order valence-corrected chi connectivity index (χ4v) is 0.907. The van der Waals surface area contributed by atoms with Gasteiger partial charge in [0, 0.05) is 11.5 Å². The molecule has 0 fully saturated rings. The smallest absolute Gasteiger partial charge is 0.200 e. The second kappa shape index (κ2) is 2.61. The van der Waals surface area contributed by atoms with Crippen LogP contribution in [0.5, 0.6) is 0 Å². The molecular formula is C4H6N4OS. The van der Waals surface area contributed by atoms with Gasteiger partial charge in [-0.05, 0) is 6.92 Å². The van der Waals surface area contributed by atoms with Crippen LogP contribution in [0.25, 0.3) is 0 Å². The first kappa shape index (κ1) is 6.94. The number of hydrogen-bond acceptors (Lipinski definition) is 6. The molecule has 1 aromatic rings. The Bertz CT molecular complexity index is 256. The van der Waals surface area contributed by atoms with Crippen molar-refractivity contribution in [2.45, 2.75) is 6.92 Å². The third-order valence-corrected chi connectivity index (χ3v) is 1.46. The van der Waals surface area contributed by atoms with Crippen LogP contribution in [0.2, 0.25) is 0 Å². The molecule has 0 bridgehead atoms. The molecule has 0 amide bonds. The number of oxime groups is 1. The highest BCUT2D eigenvalue weighted by Crippen LogP contribution is 2.05. The molecule has 5 nitrogen and oxygen atoms in total. The zero-order valence-electron chi connectivity index (χ0n) is 5.27. The molecule has 0 radical (unpaired) electrons. The quantitative estimate of drug-likeness (QED) is 0.350. The van der Waals surface area contributed by atoms with E-state index in [1.165, 1.54) is 0 Å². The minimum atomic E-state index is 0.368. The number of rotatable bonds is 1. The van der Waals surface area contributed by atoms with Gasteiger partial charge in [0.2, 0.25) is 0 Å². The van der Waals surface area contributed by atoms with E-state index < -0.39 is 0 Å². The Morgan fingerprint density at radius 3 is 2.90 bits per heavy atom. The number of hydrogen-bond donors (Lipinski definition) is 2. The van der Waals surface area contributed by atoms with Crippen molar-refractivity contribution in [1.82, 2.24) is 9.36 Å². The van der Waals surface area contributed by atoms with Gasteiger partial charge >= 0.3 is 0 Å². The van der Waals surface area contributed by atoms with Crippen molar-refractivity contribution in [3.8, 4) is 0 Å². The summed E-state index contributed by atoms with van der Waals surface area (Å²) in [5.41, 5.74) is 5.65. The maximum atomic E-state index is 8.27. The Kier molecular flexibility index (Phi) is 1.81. The maximum Gasteiger partial charge on any atom is 0.200 e. The lowest BCUT2D eigenvalue weighted by Gasteiger charge is -1.84. The van der Waals surface area contributed by atoms with Crippen molar-refractivity contribution in [3.63, 3.8) is 0 Å². The van der Waals surface area contributed by atoms with Gasteiger partial charge in [0.05, 0.1) is 0 Å². The van der Waals surface area contributed by atoms with E-state index in [4.69, 9.17) is 10.9 Å². The summed E-state index contributed by atoms with van der Waals surface area (Å²) < 4.78 is 3.80. The molecule has 54 valence electrons. The van der Waals surface area contributed by atoms with E-state index in [9.17, 15) is 0 Å². The Balaban J connectivity index is 2.95. The number of nitrogens with two attached hydrogens (primary N) is 1. The van der Waals surface area contributed by atoms with E-state index in [1.54, 1.807) is 6.92 Å². The minimum Gasteiger partial charge on any atom is -0.411 e. The zero-order chi connectivity index (χ0) is 7.56. The van der Waals surface area contributed by atoms with Crippen LogP contribution in [0.4, 0.5) is 5.13 Å². The van der Waals surface area contributed by atoms with E-state index >= 15 is 0 Å². The molecule has 0 atom stereocenters. The lowest BCUT2D eigenvalue weighted by molar-refractivity contribution is 0.319. The average Bonchev–Trinajstić information content (AvgIpc) is 2.34. The summed E-state index contributed by atoms with van der Waals surface area (Å²) in [4.78, 5) is 3.78. The third kappa shape index (κ3) is 1.21. The van der Waals surface area contributed by atoms with Gasteiger partial charge in [0.15, 0.2) is 11.0 Å². The van der Waals surface area contributed by atoms with Crippen molar-refractivity contribution >= 4 is 22.4 Å². The van der Waals surface area contributed by atoms with Gasteiger partial charge in [-0.15, -0.1) is 0 Å². The first-order chi connectivity index (χ1) is 4.74. The molecule has 10 heavy (non-hydrogen) atoms. The van der Waals surface area contributed by atoms with Crippen molar-refractivity contribution in [2.24, 2.45) is 5.16 Å². The monoisotopic (exact) mass is 158 g/mol. The Morgan fingerprint density at radius 1 is 1.80 bits per heavy atom. The van der Waals surface area contributed by atoms with E-state index in [2.05, 4.69) is 14.5 Å². The predicted molar refractivity (Wildman–Crippen MR) is 38.3 cm³/mol. The Morgan fingerprint density at radius 2 is 2.50 bits per heavy atom. The SMILES string of the molecule is C/C(=N/O)c1nsc(N)n1. The summed E-state index contributed by atoms with van der Waals surface area (Å²) in [5, 5.41) is 11.6. The summed E-state index contributed by atoms with van der Waals surface area (Å²) >= 11 is 1.07. The molecule has 6 heteroatoms. The second-order valence-electron chi connectivity index (χ2n) is 1.64. The van der Waals surface area contributed by atoms with Crippen molar-refractivity contribution in [1.29, 1.82) is 0 Å². The first-order valence-electron chi connectivity index (χ1n) is 2.52. The maximum absolute atomic E-state index is 8.27. The highest BCUT2D eigenvalue weighted by atomic mass is 32.1. The van der Waals surface area contributed by atoms with E-state index in [0.29, 0.717) is 16.7 Å². The van der Waals surface area contributed by atoms with Gasteiger partial charge in [0.1, 0.15) is 5.71 Å². The predicted octanol–water partition coefficient (Wildman–Crippen LogP) is 0.319.